The number of ketones is 1. The van der Waals surface area contributed by atoms with Crippen LogP contribution < -0.4 is 5.73 Å². The van der Waals surface area contributed by atoms with Gasteiger partial charge in [0.2, 0.25) is 0 Å². The highest BCUT2D eigenvalue weighted by Gasteiger charge is 2.15. The van der Waals surface area contributed by atoms with Gasteiger partial charge >= 0.3 is 0 Å². The number of hydrogen-bond donors (Lipinski definition) is 1. The molecule has 0 aliphatic heterocycles. The zero-order valence-corrected chi connectivity index (χ0v) is 7.23. The van der Waals surface area contributed by atoms with Crippen molar-refractivity contribution in [3.8, 4) is 12.3 Å². The molecule has 0 saturated carbocycles. The first-order valence-corrected chi connectivity index (χ1v) is 4.03. The van der Waals surface area contributed by atoms with Gasteiger partial charge in [-0.2, -0.15) is 0 Å². The first-order chi connectivity index (χ1) is 6.29. The lowest BCUT2D eigenvalue weighted by Gasteiger charge is -2.07. The van der Waals surface area contributed by atoms with Crippen LogP contribution in [0.3, 0.4) is 0 Å². The van der Waals surface area contributed by atoms with Gasteiger partial charge in [0.25, 0.3) is 0 Å². The topological polar surface area (TPSA) is 43.1 Å². The lowest BCUT2D eigenvalue weighted by molar-refractivity contribution is -0.118. The third kappa shape index (κ3) is 2.17. The Morgan fingerprint density at radius 2 is 2.08 bits per heavy atom. The molecule has 0 aliphatic rings. The van der Waals surface area contributed by atoms with Crippen LogP contribution in [0.5, 0.6) is 0 Å². The number of carbonyl (C=O) groups is 1. The van der Waals surface area contributed by atoms with Gasteiger partial charge in [0.05, 0.1) is 6.54 Å². The molecule has 0 aliphatic carbocycles. The van der Waals surface area contributed by atoms with Crippen molar-refractivity contribution in [1.29, 1.82) is 0 Å². The quantitative estimate of drug-likeness (QED) is 0.691. The molecule has 1 aromatic carbocycles. The van der Waals surface area contributed by atoms with E-state index in [4.69, 9.17) is 12.2 Å². The molecular weight excluding hydrogens is 162 g/mol. The van der Waals surface area contributed by atoms with Crippen LogP contribution in [0.4, 0.5) is 0 Å². The number of benzene rings is 1. The van der Waals surface area contributed by atoms with Crippen LogP contribution in [0.25, 0.3) is 0 Å². The minimum Gasteiger partial charge on any atom is -0.324 e. The molecule has 1 unspecified atom stereocenters. The van der Waals surface area contributed by atoms with Crippen LogP contribution >= 0.6 is 0 Å². The molecule has 2 heteroatoms. The zero-order valence-electron chi connectivity index (χ0n) is 7.23. The SMILES string of the molecule is C#CC(C(=O)CN)c1ccccc1. The summed E-state index contributed by atoms with van der Waals surface area (Å²) in [5.74, 6) is 1.83. The van der Waals surface area contributed by atoms with Gasteiger partial charge < -0.3 is 5.73 Å². The Morgan fingerprint density at radius 1 is 1.46 bits per heavy atom. The average Bonchev–Trinajstić information content (AvgIpc) is 2.20. The van der Waals surface area contributed by atoms with Gasteiger partial charge in [0, 0.05) is 0 Å². The van der Waals surface area contributed by atoms with E-state index in [0.29, 0.717) is 0 Å². The predicted molar refractivity (Wildman–Crippen MR) is 52.1 cm³/mol. The highest BCUT2D eigenvalue weighted by molar-refractivity contribution is 5.90. The van der Waals surface area contributed by atoms with Gasteiger partial charge in [-0.1, -0.05) is 36.3 Å². The van der Waals surface area contributed by atoms with E-state index >= 15 is 0 Å². The smallest absolute Gasteiger partial charge is 0.165 e. The van der Waals surface area contributed by atoms with Gasteiger partial charge in [0.15, 0.2) is 5.78 Å². The summed E-state index contributed by atoms with van der Waals surface area (Å²) in [6.45, 7) is -0.0102. The summed E-state index contributed by atoms with van der Waals surface area (Å²) in [4.78, 5) is 11.3. The van der Waals surface area contributed by atoms with Gasteiger partial charge in [-0.15, -0.1) is 6.42 Å². The summed E-state index contributed by atoms with van der Waals surface area (Å²) in [5, 5.41) is 0. The maximum atomic E-state index is 11.3. The third-order valence-electron chi connectivity index (χ3n) is 1.82. The van der Waals surface area contributed by atoms with Crippen molar-refractivity contribution in [3.05, 3.63) is 35.9 Å². The van der Waals surface area contributed by atoms with Crippen molar-refractivity contribution in [3.63, 3.8) is 0 Å². The summed E-state index contributed by atoms with van der Waals surface area (Å²) >= 11 is 0. The molecule has 66 valence electrons. The molecule has 0 heterocycles. The fourth-order valence-corrected chi connectivity index (χ4v) is 1.14. The molecule has 0 fully saturated rings. The van der Waals surface area contributed by atoms with E-state index in [2.05, 4.69) is 5.92 Å². The maximum Gasteiger partial charge on any atom is 0.165 e. The summed E-state index contributed by atoms with van der Waals surface area (Å²) in [7, 11) is 0. The largest absolute Gasteiger partial charge is 0.324 e. The van der Waals surface area contributed by atoms with Crippen molar-refractivity contribution in [2.75, 3.05) is 6.54 Å². The van der Waals surface area contributed by atoms with E-state index in [-0.39, 0.29) is 12.3 Å². The number of nitrogens with two attached hydrogens (primary N) is 1. The van der Waals surface area contributed by atoms with Crippen molar-refractivity contribution in [2.24, 2.45) is 5.73 Å². The van der Waals surface area contributed by atoms with Crippen molar-refractivity contribution in [1.82, 2.24) is 0 Å². The molecule has 1 atom stereocenters. The molecule has 13 heavy (non-hydrogen) atoms. The zero-order chi connectivity index (χ0) is 9.68. The van der Waals surface area contributed by atoms with Crippen molar-refractivity contribution < 1.29 is 4.79 Å². The Labute approximate surface area is 77.8 Å². The number of carbonyl (C=O) groups excluding carboxylic acids is 1. The molecule has 1 rings (SSSR count). The average molecular weight is 173 g/mol. The third-order valence-corrected chi connectivity index (χ3v) is 1.82. The molecule has 0 bridgehead atoms. The molecule has 0 radical (unpaired) electrons. The lowest BCUT2D eigenvalue weighted by Crippen LogP contribution is -2.20. The van der Waals surface area contributed by atoms with E-state index in [0.717, 1.165) is 5.56 Å². The molecule has 0 saturated heterocycles. The molecule has 2 N–H and O–H groups in total. The summed E-state index contributed by atoms with van der Waals surface area (Å²) in [5.41, 5.74) is 6.07. The molecule has 2 nitrogen and oxygen atoms in total. The predicted octanol–water partition coefficient (Wildman–Crippen LogP) is 0.931. The second-order valence-electron chi connectivity index (χ2n) is 2.68. The molecule has 0 aromatic heterocycles. The number of rotatable bonds is 3. The number of terminal acetylenes is 1. The highest BCUT2D eigenvalue weighted by atomic mass is 16.1. The minimum absolute atomic E-state index is 0.0102. The molecular formula is C11H11NO. The van der Waals surface area contributed by atoms with E-state index < -0.39 is 5.92 Å². The number of hydrogen-bond acceptors (Lipinski definition) is 2. The number of Topliss-reactive ketones (excluding diaryl/α,β-unsaturated/α-hetero) is 1. The Bertz CT molecular complexity index is 324. The fraction of sp³-hybridized carbons (Fsp3) is 0.182. The fourth-order valence-electron chi connectivity index (χ4n) is 1.14. The first kappa shape index (κ1) is 9.50. The molecule has 0 amide bonds. The van der Waals surface area contributed by atoms with Crippen LogP contribution in [0.15, 0.2) is 30.3 Å². The Hall–Kier alpha value is -1.59. The van der Waals surface area contributed by atoms with Crippen molar-refractivity contribution in [2.45, 2.75) is 5.92 Å². The van der Waals surface area contributed by atoms with Crippen LogP contribution in [-0.2, 0) is 4.79 Å². The van der Waals surface area contributed by atoms with E-state index in [9.17, 15) is 4.79 Å². The summed E-state index contributed by atoms with van der Waals surface area (Å²) in [6, 6.07) is 9.24. The summed E-state index contributed by atoms with van der Waals surface area (Å²) < 4.78 is 0. The van der Waals surface area contributed by atoms with Crippen LogP contribution in [0, 0.1) is 12.3 Å². The Balaban J connectivity index is 2.93. The summed E-state index contributed by atoms with van der Waals surface area (Å²) in [6.07, 6.45) is 5.25. The van der Waals surface area contributed by atoms with Gasteiger partial charge in [-0.25, -0.2) is 0 Å². The van der Waals surface area contributed by atoms with Crippen molar-refractivity contribution >= 4 is 5.78 Å². The second-order valence-corrected chi connectivity index (χ2v) is 2.68. The Morgan fingerprint density at radius 3 is 2.54 bits per heavy atom. The minimum atomic E-state index is -0.494. The normalized spacial score (nSPS) is 11.7. The Kier molecular flexibility index (Phi) is 3.24. The van der Waals surface area contributed by atoms with Crippen LogP contribution in [0.1, 0.15) is 11.5 Å². The van der Waals surface area contributed by atoms with Gasteiger partial charge in [-0.3, -0.25) is 4.79 Å². The first-order valence-electron chi connectivity index (χ1n) is 4.03. The second kappa shape index (κ2) is 4.44. The van der Waals surface area contributed by atoms with Crippen LogP contribution in [-0.4, -0.2) is 12.3 Å². The lowest BCUT2D eigenvalue weighted by atomic mass is 9.96. The van der Waals surface area contributed by atoms with E-state index in [1.807, 2.05) is 30.3 Å². The molecule has 0 spiro atoms. The highest BCUT2D eigenvalue weighted by Crippen LogP contribution is 2.14. The maximum absolute atomic E-state index is 11.3. The van der Waals surface area contributed by atoms with Gasteiger partial charge in [0.1, 0.15) is 5.92 Å². The standard InChI is InChI=1S/C11H11NO/c1-2-10(11(13)8-12)9-6-4-3-5-7-9/h1,3-7,10H,8,12H2. The van der Waals surface area contributed by atoms with E-state index in [1.54, 1.807) is 0 Å². The van der Waals surface area contributed by atoms with Crippen LogP contribution in [0.2, 0.25) is 0 Å². The molecule has 1 aromatic rings. The monoisotopic (exact) mass is 173 g/mol. The van der Waals surface area contributed by atoms with E-state index in [1.165, 1.54) is 0 Å². The van der Waals surface area contributed by atoms with Gasteiger partial charge in [-0.05, 0) is 5.56 Å².